The van der Waals surface area contributed by atoms with Gasteiger partial charge >= 0.3 is 0 Å². The molecule has 0 aliphatic rings. The molecule has 0 N–H and O–H groups in total. The second kappa shape index (κ2) is 6.69. The lowest BCUT2D eigenvalue weighted by Gasteiger charge is -2.16. The Morgan fingerprint density at radius 3 is 2.42 bits per heavy atom. The van der Waals surface area contributed by atoms with E-state index in [-0.39, 0.29) is 0 Å². The van der Waals surface area contributed by atoms with E-state index in [2.05, 4.69) is 11.1 Å². The third-order valence-electron chi connectivity index (χ3n) is 3.87. The first-order valence-corrected chi connectivity index (χ1v) is 7.87. The van der Waals surface area contributed by atoms with Crippen molar-refractivity contribution in [1.29, 1.82) is 5.26 Å². The van der Waals surface area contributed by atoms with E-state index in [1.165, 1.54) is 0 Å². The molecule has 3 rings (SSSR count). The number of hydrogen-bond acceptors (Lipinski definition) is 4. The van der Waals surface area contributed by atoms with Crippen LogP contribution in [0.1, 0.15) is 11.1 Å². The van der Waals surface area contributed by atoms with Gasteiger partial charge in [0, 0.05) is 11.1 Å². The molecule has 0 radical (unpaired) electrons. The van der Waals surface area contributed by atoms with Gasteiger partial charge in [-0.1, -0.05) is 41.4 Å². The summed E-state index contributed by atoms with van der Waals surface area (Å²) in [7, 11) is 1.64. The maximum absolute atomic E-state index is 9.51. The number of rotatable bonds is 3. The number of pyridine rings is 1. The summed E-state index contributed by atoms with van der Waals surface area (Å²) in [6.07, 6.45) is 0. The van der Waals surface area contributed by atoms with Crippen LogP contribution in [0.5, 0.6) is 5.75 Å². The highest BCUT2D eigenvalue weighted by atomic mass is 32.1. The lowest BCUT2D eigenvalue weighted by molar-refractivity contribution is 0.412. The summed E-state index contributed by atoms with van der Waals surface area (Å²) in [5, 5.41) is 9.83. The Morgan fingerprint density at radius 2 is 1.79 bits per heavy atom. The summed E-state index contributed by atoms with van der Waals surface area (Å²) in [4.78, 5) is 4.42. The molecule has 0 saturated carbocycles. The summed E-state index contributed by atoms with van der Waals surface area (Å²) < 4.78 is 5.31. The molecule has 3 aromatic rings. The lowest BCUT2D eigenvalue weighted by atomic mass is 9.97. The number of methoxy groups -OCH3 is 1. The lowest BCUT2D eigenvalue weighted by Crippen LogP contribution is -1.96. The van der Waals surface area contributed by atoms with Crippen LogP contribution in [0.15, 0.2) is 59.6 Å². The Morgan fingerprint density at radius 1 is 1.04 bits per heavy atom. The van der Waals surface area contributed by atoms with E-state index in [0.717, 1.165) is 33.7 Å². The van der Waals surface area contributed by atoms with Gasteiger partial charge in [-0.2, -0.15) is 5.26 Å². The number of hydrogen-bond donors (Lipinski definition) is 0. The third-order valence-corrected chi connectivity index (χ3v) is 4.17. The van der Waals surface area contributed by atoms with Crippen molar-refractivity contribution in [1.82, 2.24) is 4.98 Å². The molecule has 2 aromatic carbocycles. The molecule has 4 heteroatoms. The van der Waals surface area contributed by atoms with Gasteiger partial charge in [0.25, 0.3) is 0 Å². The molecular formula is C20H15N2OS-. The fourth-order valence-corrected chi connectivity index (χ4v) is 2.91. The second-order valence-corrected chi connectivity index (χ2v) is 5.78. The molecule has 3 nitrogen and oxygen atoms in total. The van der Waals surface area contributed by atoms with Crippen LogP contribution in [-0.2, 0) is 12.6 Å². The van der Waals surface area contributed by atoms with Crippen molar-refractivity contribution in [2.45, 2.75) is 11.9 Å². The van der Waals surface area contributed by atoms with Crippen LogP contribution in [0.25, 0.3) is 22.4 Å². The summed E-state index contributed by atoms with van der Waals surface area (Å²) in [5.41, 5.74) is 4.89. The average molecular weight is 331 g/mol. The van der Waals surface area contributed by atoms with Gasteiger partial charge < -0.3 is 17.4 Å². The molecule has 0 aliphatic carbocycles. The molecule has 0 aliphatic heterocycles. The summed E-state index contributed by atoms with van der Waals surface area (Å²) >= 11 is 5.35. The predicted molar refractivity (Wildman–Crippen MR) is 96.7 cm³/mol. The van der Waals surface area contributed by atoms with Crippen molar-refractivity contribution in [3.63, 3.8) is 0 Å². The number of benzene rings is 2. The summed E-state index contributed by atoms with van der Waals surface area (Å²) in [6, 6.07) is 19.8. The Balaban J connectivity index is 2.21. The van der Waals surface area contributed by atoms with Crippen LogP contribution in [-0.4, -0.2) is 12.1 Å². The van der Waals surface area contributed by atoms with Gasteiger partial charge in [-0.05, 0) is 36.2 Å². The van der Waals surface area contributed by atoms with Crippen molar-refractivity contribution in [2.75, 3.05) is 7.11 Å². The molecule has 118 valence electrons. The smallest absolute Gasteiger partial charge is 0.121 e. The fraction of sp³-hybridized carbons (Fsp3) is 0.100. The molecule has 1 heterocycles. The van der Waals surface area contributed by atoms with Crippen molar-refractivity contribution in [3.8, 4) is 34.2 Å². The average Bonchev–Trinajstić information content (AvgIpc) is 2.61. The zero-order chi connectivity index (χ0) is 17.1. The van der Waals surface area contributed by atoms with Crippen LogP contribution in [0, 0.1) is 18.3 Å². The SMILES string of the molecule is COc1ccc(-c2cc(-c3ccccc3)nc([S-])c2C#N)cc1C. The minimum Gasteiger partial charge on any atom is -0.759 e. The van der Waals surface area contributed by atoms with Crippen LogP contribution in [0.2, 0.25) is 0 Å². The van der Waals surface area contributed by atoms with Gasteiger partial charge in [0.1, 0.15) is 5.75 Å². The highest BCUT2D eigenvalue weighted by Crippen LogP contribution is 2.32. The zero-order valence-corrected chi connectivity index (χ0v) is 14.2. The maximum Gasteiger partial charge on any atom is 0.121 e. The first-order chi connectivity index (χ1) is 11.6. The highest BCUT2D eigenvalue weighted by molar-refractivity contribution is 7.58. The zero-order valence-electron chi connectivity index (χ0n) is 13.4. The quantitative estimate of drug-likeness (QED) is 0.663. The first-order valence-electron chi connectivity index (χ1n) is 7.46. The number of nitriles is 1. The van der Waals surface area contributed by atoms with Crippen molar-refractivity contribution in [2.24, 2.45) is 0 Å². The van der Waals surface area contributed by atoms with Crippen LogP contribution < -0.4 is 4.74 Å². The van der Waals surface area contributed by atoms with Gasteiger partial charge in [0.2, 0.25) is 0 Å². The fourth-order valence-electron chi connectivity index (χ4n) is 2.66. The van der Waals surface area contributed by atoms with Crippen LogP contribution in [0.3, 0.4) is 0 Å². The highest BCUT2D eigenvalue weighted by Gasteiger charge is 2.11. The molecule has 1 aromatic heterocycles. The Labute approximate surface area is 147 Å². The molecule has 0 unspecified atom stereocenters. The Kier molecular flexibility index (Phi) is 4.45. The van der Waals surface area contributed by atoms with E-state index in [1.54, 1.807) is 7.11 Å². The normalized spacial score (nSPS) is 10.2. The predicted octanol–water partition coefficient (Wildman–Crippen LogP) is 4.51. The van der Waals surface area contributed by atoms with E-state index < -0.39 is 0 Å². The standard InChI is InChI=1S/C20H16N2OS/c1-13-10-15(8-9-19(13)23-2)16-11-18(14-6-4-3-5-7-14)22-20(24)17(16)12-21/h3-11H,1-2H3,(H,22,24)/p-1. The van der Waals surface area contributed by atoms with Crippen molar-refractivity contribution < 1.29 is 4.74 Å². The molecular weight excluding hydrogens is 316 g/mol. The number of ether oxygens (including phenoxy) is 1. The van der Waals surface area contributed by atoms with Gasteiger partial charge in [-0.25, -0.2) is 0 Å². The molecule has 0 amide bonds. The van der Waals surface area contributed by atoms with Gasteiger partial charge in [-0.3, -0.25) is 4.98 Å². The van der Waals surface area contributed by atoms with E-state index in [1.807, 2.05) is 61.5 Å². The van der Waals surface area contributed by atoms with Crippen molar-refractivity contribution >= 4 is 12.6 Å². The topological polar surface area (TPSA) is 45.9 Å². The first kappa shape index (κ1) is 16.0. The van der Waals surface area contributed by atoms with E-state index in [0.29, 0.717) is 10.6 Å². The van der Waals surface area contributed by atoms with Crippen LogP contribution in [0.4, 0.5) is 0 Å². The molecule has 0 spiro atoms. The minimum atomic E-state index is 0.322. The molecule has 0 bridgehead atoms. The van der Waals surface area contributed by atoms with Gasteiger partial charge in [0.15, 0.2) is 0 Å². The second-order valence-electron chi connectivity index (χ2n) is 5.40. The van der Waals surface area contributed by atoms with Gasteiger partial charge in [-0.15, -0.1) is 0 Å². The Bertz CT molecular complexity index is 930. The van der Waals surface area contributed by atoms with E-state index in [9.17, 15) is 5.26 Å². The summed E-state index contributed by atoms with van der Waals surface area (Å²) in [5.74, 6) is 0.813. The van der Waals surface area contributed by atoms with Gasteiger partial charge in [0.05, 0.1) is 24.4 Å². The van der Waals surface area contributed by atoms with Crippen LogP contribution >= 0.6 is 0 Å². The van der Waals surface area contributed by atoms with Crippen molar-refractivity contribution in [3.05, 3.63) is 65.7 Å². The molecule has 0 saturated heterocycles. The molecule has 24 heavy (non-hydrogen) atoms. The number of nitrogens with zero attached hydrogens (tertiary/aromatic N) is 2. The summed E-state index contributed by atoms with van der Waals surface area (Å²) in [6.45, 7) is 1.97. The largest absolute Gasteiger partial charge is 0.759 e. The third kappa shape index (κ3) is 2.94. The Hall–Kier alpha value is -2.90. The van der Waals surface area contributed by atoms with E-state index in [4.69, 9.17) is 17.4 Å². The minimum absolute atomic E-state index is 0.322. The molecule has 0 atom stereocenters. The number of aryl methyl sites for hydroxylation is 1. The number of aromatic nitrogens is 1. The van der Waals surface area contributed by atoms with E-state index >= 15 is 0 Å². The maximum atomic E-state index is 9.51. The monoisotopic (exact) mass is 331 g/mol. The molecule has 0 fully saturated rings.